The predicted octanol–water partition coefficient (Wildman–Crippen LogP) is 3.63. The van der Waals surface area contributed by atoms with Crippen LogP contribution in [0, 0.1) is 29.6 Å². The summed E-state index contributed by atoms with van der Waals surface area (Å²) in [6, 6.07) is 0. The quantitative estimate of drug-likeness (QED) is 0.707. The Morgan fingerprint density at radius 3 is 2.69 bits per heavy atom. The zero-order chi connectivity index (χ0) is 11.7. The molecule has 2 aliphatic carbocycles. The molecule has 1 fully saturated rings. The molecule has 0 bridgehead atoms. The molecule has 2 aliphatic rings. The van der Waals surface area contributed by atoms with Crippen LogP contribution in [-0.4, -0.2) is 11.7 Å². The monoisotopic (exact) mass is 222 g/mol. The summed E-state index contributed by atoms with van der Waals surface area (Å²) in [6.45, 7) is 7.42. The first-order valence-corrected chi connectivity index (χ1v) is 6.90. The van der Waals surface area contributed by atoms with E-state index in [9.17, 15) is 5.11 Å². The van der Waals surface area contributed by atoms with Gasteiger partial charge in [0.05, 0.1) is 0 Å². The molecule has 0 saturated heterocycles. The molecule has 1 nitrogen and oxygen atoms in total. The SMILES string of the molecule is CC1=CCC2C(CO)CCC(C(C)C)C2C1. The molecule has 0 radical (unpaired) electrons. The Morgan fingerprint density at radius 2 is 2.06 bits per heavy atom. The van der Waals surface area contributed by atoms with E-state index in [4.69, 9.17) is 0 Å². The predicted molar refractivity (Wildman–Crippen MR) is 68.1 cm³/mol. The van der Waals surface area contributed by atoms with Crippen molar-refractivity contribution in [1.82, 2.24) is 0 Å². The molecule has 0 aliphatic heterocycles. The molecule has 1 N–H and O–H groups in total. The third-order valence-corrected chi connectivity index (χ3v) is 4.96. The van der Waals surface area contributed by atoms with E-state index >= 15 is 0 Å². The summed E-state index contributed by atoms with van der Waals surface area (Å²) in [6.07, 6.45) is 7.48. The summed E-state index contributed by atoms with van der Waals surface area (Å²) in [5.41, 5.74) is 1.57. The van der Waals surface area contributed by atoms with Gasteiger partial charge in [0.2, 0.25) is 0 Å². The fourth-order valence-corrected chi connectivity index (χ4v) is 4.02. The van der Waals surface area contributed by atoms with Gasteiger partial charge < -0.3 is 5.11 Å². The van der Waals surface area contributed by atoms with Crippen molar-refractivity contribution in [1.29, 1.82) is 0 Å². The number of hydrogen-bond donors (Lipinski definition) is 1. The number of aliphatic hydroxyl groups is 1. The lowest BCUT2D eigenvalue weighted by molar-refractivity contribution is 0.0273. The molecule has 0 amide bonds. The first kappa shape index (κ1) is 12.2. The van der Waals surface area contributed by atoms with Crippen LogP contribution in [0.15, 0.2) is 11.6 Å². The van der Waals surface area contributed by atoms with Gasteiger partial charge in [0.15, 0.2) is 0 Å². The summed E-state index contributed by atoms with van der Waals surface area (Å²) in [5, 5.41) is 9.50. The van der Waals surface area contributed by atoms with Crippen molar-refractivity contribution < 1.29 is 5.11 Å². The lowest BCUT2D eigenvalue weighted by atomic mass is 9.59. The summed E-state index contributed by atoms with van der Waals surface area (Å²) >= 11 is 0. The number of rotatable bonds is 2. The van der Waals surface area contributed by atoms with Crippen LogP contribution >= 0.6 is 0 Å². The van der Waals surface area contributed by atoms with E-state index in [1.807, 2.05) is 0 Å². The van der Waals surface area contributed by atoms with Crippen LogP contribution < -0.4 is 0 Å². The molecule has 4 unspecified atom stereocenters. The lowest BCUT2D eigenvalue weighted by Crippen LogP contribution is -2.39. The molecule has 92 valence electrons. The van der Waals surface area contributed by atoms with Crippen molar-refractivity contribution in [2.24, 2.45) is 29.6 Å². The largest absolute Gasteiger partial charge is 0.396 e. The summed E-state index contributed by atoms with van der Waals surface area (Å²) < 4.78 is 0. The van der Waals surface area contributed by atoms with Crippen molar-refractivity contribution in [3.05, 3.63) is 11.6 Å². The van der Waals surface area contributed by atoms with Crippen LogP contribution in [-0.2, 0) is 0 Å². The number of fused-ring (bicyclic) bond motifs is 1. The van der Waals surface area contributed by atoms with Gasteiger partial charge in [-0.3, -0.25) is 0 Å². The maximum absolute atomic E-state index is 9.50. The Labute approximate surface area is 99.9 Å². The second kappa shape index (κ2) is 4.91. The van der Waals surface area contributed by atoms with Crippen LogP contribution in [0.1, 0.15) is 46.5 Å². The second-order valence-corrected chi connectivity index (χ2v) is 6.25. The lowest BCUT2D eigenvalue weighted by Gasteiger charge is -2.46. The standard InChI is InChI=1S/C15H26O/c1-10(2)13-7-5-12(9-16)14-6-4-11(3)8-15(13)14/h4,10,12-16H,5-9H2,1-3H3. The molecule has 0 heterocycles. The van der Waals surface area contributed by atoms with Crippen LogP contribution in [0.2, 0.25) is 0 Å². The van der Waals surface area contributed by atoms with Crippen molar-refractivity contribution in [3.8, 4) is 0 Å². The van der Waals surface area contributed by atoms with E-state index in [0.717, 1.165) is 23.7 Å². The Hall–Kier alpha value is -0.300. The second-order valence-electron chi connectivity index (χ2n) is 6.25. The van der Waals surface area contributed by atoms with Crippen LogP contribution in [0.4, 0.5) is 0 Å². The van der Waals surface area contributed by atoms with Crippen LogP contribution in [0.3, 0.4) is 0 Å². The van der Waals surface area contributed by atoms with E-state index in [-0.39, 0.29) is 0 Å². The van der Waals surface area contributed by atoms with Crippen molar-refractivity contribution in [3.63, 3.8) is 0 Å². The molecule has 0 aromatic heterocycles. The van der Waals surface area contributed by atoms with Crippen molar-refractivity contribution in [2.45, 2.75) is 46.5 Å². The molecule has 0 aromatic carbocycles. The Kier molecular flexibility index (Phi) is 3.73. The third-order valence-electron chi connectivity index (χ3n) is 4.96. The molecule has 16 heavy (non-hydrogen) atoms. The molecule has 1 saturated carbocycles. The minimum atomic E-state index is 0.402. The van der Waals surface area contributed by atoms with Crippen molar-refractivity contribution >= 4 is 0 Å². The molecule has 0 aromatic rings. The van der Waals surface area contributed by atoms with Gasteiger partial charge in [0.1, 0.15) is 0 Å². The van der Waals surface area contributed by atoms with E-state index in [1.54, 1.807) is 5.57 Å². The van der Waals surface area contributed by atoms with Gasteiger partial charge in [-0.1, -0.05) is 25.5 Å². The average molecular weight is 222 g/mol. The van der Waals surface area contributed by atoms with Gasteiger partial charge >= 0.3 is 0 Å². The van der Waals surface area contributed by atoms with Gasteiger partial charge in [-0.15, -0.1) is 0 Å². The maximum atomic E-state index is 9.50. The highest BCUT2D eigenvalue weighted by atomic mass is 16.3. The van der Waals surface area contributed by atoms with Gasteiger partial charge in [0.25, 0.3) is 0 Å². The highest BCUT2D eigenvalue weighted by Crippen LogP contribution is 2.48. The van der Waals surface area contributed by atoms with Gasteiger partial charge in [-0.25, -0.2) is 0 Å². The van der Waals surface area contributed by atoms with Crippen LogP contribution in [0.25, 0.3) is 0 Å². The Morgan fingerprint density at radius 1 is 1.31 bits per heavy atom. The average Bonchev–Trinajstić information content (AvgIpc) is 2.26. The van der Waals surface area contributed by atoms with Gasteiger partial charge in [-0.2, -0.15) is 0 Å². The molecular weight excluding hydrogens is 196 g/mol. The molecule has 2 rings (SSSR count). The maximum Gasteiger partial charge on any atom is 0.0462 e. The fraction of sp³-hybridized carbons (Fsp3) is 0.867. The van der Waals surface area contributed by atoms with E-state index in [0.29, 0.717) is 12.5 Å². The smallest absolute Gasteiger partial charge is 0.0462 e. The van der Waals surface area contributed by atoms with E-state index in [2.05, 4.69) is 26.8 Å². The topological polar surface area (TPSA) is 20.2 Å². The highest BCUT2D eigenvalue weighted by Gasteiger charge is 2.40. The number of hydrogen-bond acceptors (Lipinski definition) is 1. The number of aliphatic hydroxyl groups excluding tert-OH is 1. The summed E-state index contributed by atoms with van der Waals surface area (Å²) in [4.78, 5) is 0. The van der Waals surface area contributed by atoms with Gasteiger partial charge in [-0.05, 0) is 62.2 Å². The molecular formula is C15H26O. The summed E-state index contributed by atoms with van der Waals surface area (Å²) in [7, 11) is 0. The highest BCUT2D eigenvalue weighted by molar-refractivity contribution is 5.09. The zero-order valence-electron chi connectivity index (χ0n) is 10.9. The van der Waals surface area contributed by atoms with E-state index in [1.165, 1.54) is 25.7 Å². The minimum Gasteiger partial charge on any atom is -0.396 e. The molecule has 1 heteroatoms. The first-order valence-electron chi connectivity index (χ1n) is 6.90. The van der Waals surface area contributed by atoms with Gasteiger partial charge in [0, 0.05) is 6.61 Å². The third kappa shape index (κ3) is 2.20. The fourth-order valence-electron chi connectivity index (χ4n) is 4.02. The first-order chi connectivity index (χ1) is 7.63. The summed E-state index contributed by atoms with van der Waals surface area (Å²) in [5.74, 6) is 3.87. The number of allylic oxidation sites excluding steroid dienone is 2. The van der Waals surface area contributed by atoms with Crippen LogP contribution in [0.5, 0.6) is 0 Å². The minimum absolute atomic E-state index is 0.402. The molecule has 4 atom stereocenters. The Balaban J connectivity index is 2.17. The van der Waals surface area contributed by atoms with Crippen molar-refractivity contribution in [2.75, 3.05) is 6.61 Å². The molecule has 0 spiro atoms. The normalized spacial score (nSPS) is 39.4. The Bertz CT molecular complexity index is 267. The zero-order valence-corrected chi connectivity index (χ0v) is 10.9. The van der Waals surface area contributed by atoms with E-state index < -0.39 is 0 Å².